The number of aliphatic hydroxyl groups is 1. The van der Waals surface area contributed by atoms with Crippen molar-refractivity contribution in [3.05, 3.63) is 80.7 Å². The Kier molecular flexibility index (Phi) is 8.75. The van der Waals surface area contributed by atoms with Crippen molar-refractivity contribution in [3.63, 3.8) is 0 Å². The van der Waals surface area contributed by atoms with E-state index < -0.39 is 11.6 Å². The summed E-state index contributed by atoms with van der Waals surface area (Å²) in [4.78, 5) is 14.7. The van der Waals surface area contributed by atoms with Crippen LogP contribution in [0.1, 0.15) is 34.6 Å². The fourth-order valence-corrected chi connectivity index (χ4v) is 7.90. The summed E-state index contributed by atoms with van der Waals surface area (Å²) < 4.78 is 13.0. The lowest BCUT2D eigenvalue weighted by Crippen LogP contribution is -3.00. The van der Waals surface area contributed by atoms with Crippen molar-refractivity contribution in [1.82, 2.24) is 0 Å². The van der Waals surface area contributed by atoms with Crippen LogP contribution in [-0.4, -0.2) is 55.0 Å². The minimum atomic E-state index is -1.74. The first-order valence-electron chi connectivity index (χ1n) is 12.4. The molecule has 36 heavy (non-hydrogen) atoms. The van der Waals surface area contributed by atoms with Gasteiger partial charge in [-0.15, -0.1) is 22.7 Å². The number of rotatable bonds is 10. The highest BCUT2D eigenvalue weighted by molar-refractivity contribution is 7.12. The molecule has 1 aromatic carbocycles. The molecular formula is C28H34BrNO4S2. The molecule has 4 atom stereocenters. The second kappa shape index (κ2) is 11.5. The van der Waals surface area contributed by atoms with Crippen molar-refractivity contribution in [2.45, 2.75) is 43.6 Å². The molecule has 2 aliphatic rings. The quantitative estimate of drug-likeness (QED) is 0.223. The van der Waals surface area contributed by atoms with E-state index in [-0.39, 0.29) is 23.1 Å². The van der Waals surface area contributed by atoms with Gasteiger partial charge >= 0.3 is 5.97 Å². The largest absolute Gasteiger partial charge is 1.00 e. The van der Waals surface area contributed by atoms with Gasteiger partial charge in [-0.3, -0.25) is 0 Å². The molecule has 2 aromatic heterocycles. The Morgan fingerprint density at radius 2 is 1.69 bits per heavy atom. The number of fused-ring (bicyclic) bond motifs is 2. The van der Waals surface area contributed by atoms with Gasteiger partial charge in [-0.25, -0.2) is 4.79 Å². The minimum Gasteiger partial charge on any atom is -1.00 e. The lowest BCUT2D eigenvalue weighted by molar-refractivity contribution is -0.920. The third kappa shape index (κ3) is 5.35. The summed E-state index contributed by atoms with van der Waals surface area (Å²) in [6.07, 6.45) is 2.96. The molecule has 2 heterocycles. The third-order valence-electron chi connectivity index (χ3n) is 7.84. The van der Waals surface area contributed by atoms with Crippen LogP contribution in [0.4, 0.5) is 0 Å². The number of halogens is 1. The summed E-state index contributed by atoms with van der Waals surface area (Å²) in [6.45, 7) is 2.24. The van der Waals surface area contributed by atoms with Crippen LogP contribution in [0.5, 0.6) is 0 Å². The monoisotopic (exact) mass is 591 g/mol. The van der Waals surface area contributed by atoms with Gasteiger partial charge in [0.25, 0.3) is 0 Å². The molecule has 2 bridgehead atoms. The van der Waals surface area contributed by atoms with Gasteiger partial charge in [0, 0.05) is 11.8 Å². The minimum absolute atomic E-state index is 0. The molecular weight excluding hydrogens is 558 g/mol. The summed E-state index contributed by atoms with van der Waals surface area (Å²) in [7, 11) is 4.55. The smallest absolute Gasteiger partial charge is 0.349 e. The van der Waals surface area contributed by atoms with Gasteiger partial charge in [0.05, 0.1) is 43.1 Å². The molecule has 8 heteroatoms. The standard InChI is InChI=1S/C28H34NO4S2.BrH/c1-29(2,14-15-32-19-20-8-4-3-5-9-20)26-21-12-13-22(26)23(18-21)33-27(30)28(31,24-10-6-16-34-24)25-11-7-17-35-25;/h3-11,16-17,21-23,26,31H,12-15,18-19H2,1-2H3;1H/q+1;/p-1. The molecule has 0 aliphatic heterocycles. The molecule has 2 fully saturated rings. The van der Waals surface area contributed by atoms with E-state index in [9.17, 15) is 9.90 Å². The van der Waals surface area contributed by atoms with Crippen molar-refractivity contribution < 1.29 is 40.8 Å². The van der Waals surface area contributed by atoms with Gasteiger partial charge in [0.1, 0.15) is 12.6 Å². The Morgan fingerprint density at radius 1 is 1.03 bits per heavy atom. The number of thiophene rings is 2. The first-order valence-corrected chi connectivity index (χ1v) is 14.1. The summed E-state index contributed by atoms with van der Waals surface area (Å²) in [6, 6.07) is 18.0. The number of quaternary nitrogens is 1. The van der Waals surface area contributed by atoms with E-state index in [4.69, 9.17) is 9.47 Å². The maximum Gasteiger partial charge on any atom is 0.349 e. The molecule has 4 unspecified atom stereocenters. The number of carbonyl (C=O) groups excluding carboxylic acids is 1. The van der Waals surface area contributed by atoms with E-state index >= 15 is 0 Å². The first-order chi connectivity index (χ1) is 16.9. The number of likely N-dealkylation sites (N-methyl/N-ethyl adjacent to an activating group) is 1. The van der Waals surface area contributed by atoms with E-state index in [1.165, 1.54) is 34.7 Å². The van der Waals surface area contributed by atoms with E-state index in [1.54, 1.807) is 0 Å². The van der Waals surface area contributed by atoms with Crippen LogP contribution in [0.15, 0.2) is 65.4 Å². The number of nitrogens with zero attached hydrogens (tertiary/aromatic N) is 1. The molecule has 5 rings (SSSR count). The Morgan fingerprint density at radius 3 is 2.31 bits per heavy atom. The lowest BCUT2D eigenvalue weighted by atomic mass is 9.96. The zero-order chi connectivity index (χ0) is 24.5. The SMILES string of the molecule is C[N+](C)(CCOCc1ccccc1)C1C2CCC1C(OC(=O)C(O)(c1cccs1)c1cccs1)C2.[Br-]. The maximum atomic E-state index is 13.5. The number of benzene rings is 1. The average Bonchev–Trinajstić information content (AvgIpc) is 3.66. The van der Waals surface area contributed by atoms with Crippen LogP contribution in [0.3, 0.4) is 0 Å². The predicted octanol–water partition coefficient (Wildman–Crippen LogP) is 2.05. The first kappa shape index (κ1) is 27.5. The predicted molar refractivity (Wildman–Crippen MR) is 139 cm³/mol. The average molecular weight is 593 g/mol. The number of hydrogen-bond donors (Lipinski definition) is 1. The summed E-state index contributed by atoms with van der Waals surface area (Å²) >= 11 is 2.77. The Hall–Kier alpha value is -1.55. The number of esters is 1. The molecule has 0 amide bonds. The highest BCUT2D eigenvalue weighted by Gasteiger charge is 2.58. The van der Waals surface area contributed by atoms with Crippen LogP contribution in [0, 0.1) is 11.8 Å². The van der Waals surface area contributed by atoms with Crippen molar-refractivity contribution in [2.75, 3.05) is 27.2 Å². The van der Waals surface area contributed by atoms with E-state index in [1.807, 2.05) is 53.2 Å². The molecule has 0 spiro atoms. The summed E-state index contributed by atoms with van der Waals surface area (Å²) in [5.41, 5.74) is -0.551. The van der Waals surface area contributed by atoms with Crippen LogP contribution < -0.4 is 17.0 Å². The van der Waals surface area contributed by atoms with E-state index in [2.05, 4.69) is 26.2 Å². The zero-order valence-corrected chi connectivity index (χ0v) is 23.9. The second-order valence-corrected chi connectivity index (χ2v) is 12.3. The Labute approximate surface area is 232 Å². The molecule has 194 valence electrons. The number of carbonyl (C=O) groups is 1. The molecule has 5 nitrogen and oxygen atoms in total. The van der Waals surface area contributed by atoms with Gasteiger partial charge in [-0.1, -0.05) is 42.5 Å². The van der Waals surface area contributed by atoms with Crippen molar-refractivity contribution >= 4 is 28.6 Å². The van der Waals surface area contributed by atoms with Gasteiger partial charge in [-0.05, 0) is 47.7 Å². The third-order valence-corrected chi connectivity index (χ3v) is 9.80. The molecule has 1 N–H and O–H groups in total. The normalized spacial score (nSPS) is 23.4. The van der Waals surface area contributed by atoms with Gasteiger partial charge in [0.2, 0.25) is 5.60 Å². The van der Waals surface area contributed by atoms with Crippen LogP contribution >= 0.6 is 22.7 Å². The van der Waals surface area contributed by atoms with Gasteiger partial charge < -0.3 is 36.0 Å². The summed E-state index contributed by atoms with van der Waals surface area (Å²) in [5.74, 6) is 0.290. The van der Waals surface area contributed by atoms with E-state index in [0.29, 0.717) is 40.8 Å². The topological polar surface area (TPSA) is 55.8 Å². The van der Waals surface area contributed by atoms with Crippen molar-refractivity contribution in [3.8, 4) is 0 Å². The fraction of sp³-hybridized carbons (Fsp3) is 0.464. The number of hydrogen-bond acceptors (Lipinski definition) is 6. The van der Waals surface area contributed by atoms with Crippen molar-refractivity contribution in [1.29, 1.82) is 0 Å². The van der Waals surface area contributed by atoms with E-state index in [0.717, 1.165) is 23.9 Å². The summed E-state index contributed by atoms with van der Waals surface area (Å²) in [5, 5.41) is 15.4. The van der Waals surface area contributed by atoms with Crippen LogP contribution in [0.25, 0.3) is 0 Å². The highest BCUT2D eigenvalue weighted by Crippen LogP contribution is 2.51. The van der Waals surface area contributed by atoms with Crippen LogP contribution in [0.2, 0.25) is 0 Å². The Balaban J connectivity index is 0.00000304. The molecule has 3 aromatic rings. The van der Waals surface area contributed by atoms with Gasteiger partial charge in [-0.2, -0.15) is 0 Å². The fourth-order valence-electron chi connectivity index (χ4n) is 6.19. The van der Waals surface area contributed by atoms with Crippen LogP contribution in [-0.2, 0) is 26.5 Å². The molecule has 2 aliphatic carbocycles. The van der Waals surface area contributed by atoms with Gasteiger partial charge in [0.15, 0.2) is 0 Å². The highest BCUT2D eigenvalue weighted by atomic mass is 79.9. The second-order valence-electron chi connectivity index (χ2n) is 10.4. The lowest BCUT2D eigenvalue weighted by Gasteiger charge is -2.39. The Bertz CT molecular complexity index is 1070. The number of ether oxygens (including phenoxy) is 2. The molecule has 0 radical (unpaired) electrons. The molecule has 2 saturated carbocycles. The molecule has 0 saturated heterocycles. The van der Waals surface area contributed by atoms with Crippen molar-refractivity contribution in [2.24, 2.45) is 11.8 Å². The maximum absolute atomic E-state index is 13.5. The zero-order valence-electron chi connectivity index (χ0n) is 20.7.